The number of ether oxygens (including phenoxy) is 2. The second-order valence-corrected chi connectivity index (χ2v) is 4.78. The van der Waals surface area contributed by atoms with Crippen LogP contribution in [0.2, 0.25) is 0 Å². The molecule has 0 radical (unpaired) electrons. The molecule has 0 aromatic heterocycles. The van der Waals surface area contributed by atoms with Crippen LogP contribution in [0.5, 0.6) is 11.5 Å². The first-order valence-electron chi connectivity index (χ1n) is 5.10. The fraction of sp³-hybridized carbons (Fsp3) is 0.500. The Morgan fingerprint density at radius 3 is 2.47 bits per heavy atom. The van der Waals surface area contributed by atoms with E-state index in [4.69, 9.17) is 9.47 Å². The maximum Gasteiger partial charge on any atom is 0.174 e. The minimum absolute atomic E-state index is 0.503. The molecule has 1 aromatic carbocycles. The largest absolute Gasteiger partial charge is 0.493 e. The summed E-state index contributed by atoms with van der Waals surface area (Å²) in [5.74, 6) is 2.18. The average Bonchev–Trinajstić information content (AvgIpc) is 2.20. The third-order valence-electron chi connectivity index (χ3n) is 2.21. The Bertz CT molecular complexity index is 335. The van der Waals surface area contributed by atoms with Crippen LogP contribution >= 0.6 is 22.6 Å². The van der Waals surface area contributed by atoms with Crippen LogP contribution in [0.3, 0.4) is 0 Å². The highest BCUT2D eigenvalue weighted by atomic mass is 127. The Kier molecular flexibility index (Phi) is 4.70. The number of hydrogen-bond acceptors (Lipinski definition) is 2. The van der Waals surface area contributed by atoms with Gasteiger partial charge in [0.15, 0.2) is 11.5 Å². The highest BCUT2D eigenvalue weighted by molar-refractivity contribution is 14.1. The van der Waals surface area contributed by atoms with Crippen molar-refractivity contribution in [1.29, 1.82) is 0 Å². The molecule has 1 rings (SSSR count). The SMILES string of the molecule is CCOc1c(I)cc(C(C)C)cc1OC. The second-order valence-electron chi connectivity index (χ2n) is 3.62. The van der Waals surface area contributed by atoms with E-state index in [0.717, 1.165) is 15.1 Å². The average molecular weight is 320 g/mol. The molecule has 0 spiro atoms. The van der Waals surface area contributed by atoms with Gasteiger partial charge >= 0.3 is 0 Å². The van der Waals surface area contributed by atoms with Gasteiger partial charge in [-0.15, -0.1) is 0 Å². The van der Waals surface area contributed by atoms with Crippen LogP contribution in [-0.2, 0) is 0 Å². The maximum absolute atomic E-state index is 5.56. The predicted molar refractivity (Wildman–Crippen MR) is 71.0 cm³/mol. The van der Waals surface area contributed by atoms with Gasteiger partial charge in [-0.2, -0.15) is 0 Å². The molecule has 0 bridgehead atoms. The molecule has 0 fully saturated rings. The summed E-state index contributed by atoms with van der Waals surface area (Å²) in [4.78, 5) is 0. The smallest absolute Gasteiger partial charge is 0.174 e. The summed E-state index contributed by atoms with van der Waals surface area (Å²) in [5.41, 5.74) is 1.28. The van der Waals surface area contributed by atoms with E-state index >= 15 is 0 Å². The Labute approximate surface area is 105 Å². The molecule has 0 saturated carbocycles. The summed E-state index contributed by atoms with van der Waals surface area (Å²) in [6, 6.07) is 4.20. The summed E-state index contributed by atoms with van der Waals surface area (Å²) >= 11 is 2.29. The van der Waals surface area contributed by atoms with Gasteiger partial charge in [0.1, 0.15) is 0 Å². The minimum Gasteiger partial charge on any atom is -0.493 e. The Balaban J connectivity index is 3.18. The Morgan fingerprint density at radius 2 is 2.00 bits per heavy atom. The van der Waals surface area contributed by atoms with Crippen LogP contribution in [0.15, 0.2) is 12.1 Å². The monoisotopic (exact) mass is 320 g/mol. The summed E-state index contributed by atoms with van der Waals surface area (Å²) in [6.45, 7) is 6.98. The van der Waals surface area contributed by atoms with E-state index in [0.29, 0.717) is 12.5 Å². The van der Waals surface area contributed by atoms with Gasteiger partial charge in [-0.25, -0.2) is 0 Å². The van der Waals surface area contributed by atoms with Gasteiger partial charge in [-0.1, -0.05) is 13.8 Å². The number of hydrogen-bond donors (Lipinski definition) is 0. The quantitative estimate of drug-likeness (QED) is 0.785. The molecule has 0 saturated heterocycles. The number of rotatable bonds is 4. The third kappa shape index (κ3) is 3.00. The molecule has 0 unspecified atom stereocenters. The Hall–Kier alpha value is -0.450. The zero-order chi connectivity index (χ0) is 11.4. The van der Waals surface area contributed by atoms with E-state index in [1.807, 2.05) is 6.92 Å². The zero-order valence-corrected chi connectivity index (χ0v) is 11.8. The van der Waals surface area contributed by atoms with E-state index in [-0.39, 0.29) is 0 Å². The van der Waals surface area contributed by atoms with Crippen molar-refractivity contribution in [2.45, 2.75) is 26.7 Å². The lowest BCUT2D eigenvalue weighted by atomic mass is 10.0. The summed E-state index contributed by atoms with van der Waals surface area (Å²) < 4.78 is 12.0. The van der Waals surface area contributed by atoms with E-state index in [9.17, 15) is 0 Å². The van der Waals surface area contributed by atoms with Gasteiger partial charge in [-0.05, 0) is 53.1 Å². The van der Waals surface area contributed by atoms with E-state index < -0.39 is 0 Å². The molecule has 0 aliphatic rings. The van der Waals surface area contributed by atoms with Crippen molar-refractivity contribution in [2.24, 2.45) is 0 Å². The molecule has 15 heavy (non-hydrogen) atoms. The maximum atomic E-state index is 5.56. The molecule has 0 heterocycles. The van der Waals surface area contributed by atoms with Gasteiger partial charge in [-0.3, -0.25) is 0 Å². The van der Waals surface area contributed by atoms with Gasteiger partial charge in [0.05, 0.1) is 17.3 Å². The normalized spacial score (nSPS) is 10.5. The van der Waals surface area contributed by atoms with Crippen molar-refractivity contribution < 1.29 is 9.47 Å². The van der Waals surface area contributed by atoms with Crippen molar-refractivity contribution in [1.82, 2.24) is 0 Å². The molecule has 0 aliphatic heterocycles. The molecule has 0 N–H and O–H groups in total. The second kappa shape index (κ2) is 5.58. The van der Waals surface area contributed by atoms with Gasteiger partial charge < -0.3 is 9.47 Å². The highest BCUT2D eigenvalue weighted by Crippen LogP contribution is 2.35. The molecule has 84 valence electrons. The minimum atomic E-state index is 0.503. The van der Waals surface area contributed by atoms with Crippen LogP contribution in [0, 0.1) is 3.57 Å². The van der Waals surface area contributed by atoms with Crippen molar-refractivity contribution >= 4 is 22.6 Å². The number of halogens is 1. The van der Waals surface area contributed by atoms with Crippen molar-refractivity contribution in [3.8, 4) is 11.5 Å². The van der Waals surface area contributed by atoms with Crippen LogP contribution in [0.25, 0.3) is 0 Å². The van der Waals surface area contributed by atoms with Crippen LogP contribution < -0.4 is 9.47 Å². The lowest BCUT2D eigenvalue weighted by molar-refractivity contribution is 0.308. The third-order valence-corrected chi connectivity index (χ3v) is 3.01. The predicted octanol–water partition coefficient (Wildman–Crippen LogP) is 3.82. The zero-order valence-electron chi connectivity index (χ0n) is 9.63. The molecule has 1 aromatic rings. The molecule has 3 heteroatoms. The lowest BCUT2D eigenvalue weighted by Crippen LogP contribution is -2.00. The highest BCUT2D eigenvalue weighted by Gasteiger charge is 2.12. The molecule has 0 atom stereocenters. The van der Waals surface area contributed by atoms with E-state index in [2.05, 4.69) is 48.6 Å². The van der Waals surface area contributed by atoms with Crippen molar-refractivity contribution in [2.75, 3.05) is 13.7 Å². The number of benzene rings is 1. The standard InChI is InChI=1S/C12H17IO2/c1-5-15-12-10(13)6-9(8(2)3)7-11(12)14-4/h6-8H,5H2,1-4H3. The topological polar surface area (TPSA) is 18.5 Å². The molecule has 0 amide bonds. The van der Waals surface area contributed by atoms with Crippen LogP contribution in [0.1, 0.15) is 32.3 Å². The van der Waals surface area contributed by atoms with Crippen molar-refractivity contribution in [3.63, 3.8) is 0 Å². The van der Waals surface area contributed by atoms with Gasteiger partial charge in [0, 0.05) is 0 Å². The first kappa shape index (κ1) is 12.6. The molecule has 2 nitrogen and oxygen atoms in total. The summed E-state index contributed by atoms with van der Waals surface area (Å²) in [5, 5.41) is 0. The molecular formula is C12H17IO2. The van der Waals surface area contributed by atoms with Crippen LogP contribution in [-0.4, -0.2) is 13.7 Å². The van der Waals surface area contributed by atoms with E-state index in [1.54, 1.807) is 7.11 Å². The first-order chi connectivity index (χ1) is 7.10. The molecular weight excluding hydrogens is 303 g/mol. The van der Waals surface area contributed by atoms with Gasteiger partial charge in [0.25, 0.3) is 0 Å². The van der Waals surface area contributed by atoms with Gasteiger partial charge in [0.2, 0.25) is 0 Å². The number of methoxy groups -OCH3 is 1. The Morgan fingerprint density at radius 1 is 1.33 bits per heavy atom. The first-order valence-corrected chi connectivity index (χ1v) is 6.18. The van der Waals surface area contributed by atoms with Crippen LogP contribution in [0.4, 0.5) is 0 Å². The molecule has 0 aliphatic carbocycles. The fourth-order valence-electron chi connectivity index (χ4n) is 1.36. The van der Waals surface area contributed by atoms with E-state index in [1.165, 1.54) is 5.56 Å². The lowest BCUT2D eigenvalue weighted by Gasteiger charge is -2.14. The van der Waals surface area contributed by atoms with Crippen molar-refractivity contribution in [3.05, 3.63) is 21.3 Å². The fourth-order valence-corrected chi connectivity index (χ4v) is 2.14. The summed E-state index contributed by atoms with van der Waals surface area (Å²) in [6.07, 6.45) is 0. The summed E-state index contributed by atoms with van der Waals surface area (Å²) in [7, 11) is 1.68.